The van der Waals surface area contributed by atoms with Crippen LogP contribution in [-0.4, -0.2) is 64.2 Å². The standard InChI is InChI=1S/C32H48N2O2.C23H39NO2.C23H39NO/c35-31(33(27-16-5-1-6-17-27)28-18-7-2-8-19-28)25-14-13-15-26(24-25)32(36)34(29-20-9-3-10-21-29)30-22-11-4-12-23-30;1-3-5-7-9-10-12-16-20(15-11-8-6-4-2)19-26-22-18-14-13-17-21(22)23(24)25;1-2-3-4-5-6-7-8-9-10-11-12-13-14-15-18-21-19-16-17-20-22(21)23(24)25/h13-15,24,27-30H,1-12,16-23H2;13-14,17-18,20H,3-12,15-16,19H2,1-2H3,(H2,24,25);16-17,19-20H,2-15,18H2,1H3,(H2,24,25). The molecule has 0 aliphatic heterocycles. The number of carbonyl (C=O) groups is 4. The number of para-hydroxylation sites is 1. The summed E-state index contributed by atoms with van der Waals surface area (Å²) in [5, 5.41) is 0. The van der Waals surface area contributed by atoms with Crippen LogP contribution in [0.15, 0.2) is 72.8 Å². The van der Waals surface area contributed by atoms with E-state index in [2.05, 4.69) is 30.6 Å². The third-order valence-corrected chi connectivity index (χ3v) is 19.8. The van der Waals surface area contributed by atoms with E-state index in [1.807, 2.05) is 66.7 Å². The number of hydrogen-bond donors (Lipinski definition) is 2. The summed E-state index contributed by atoms with van der Waals surface area (Å²) in [6.45, 7) is 7.47. The Labute approximate surface area is 531 Å². The zero-order valence-electron chi connectivity index (χ0n) is 55.8. The highest BCUT2D eigenvalue weighted by atomic mass is 16.5. The third kappa shape index (κ3) is 28.4. The van der Waals surface area contributed by atoms with Crippen LogP contribution in [0, 0.1) is 5.92 Å². The molecule has 0 radical (unpaired) electrons. The van der Waals surface area contributed by atoms with Gasteiger partial charge < -0.3 is 26.0 Å². The smallest absolute Gasteiger partial charge is 0.254 e. The van der Waals surface area contributed by atoms with E-state index in [4.69, 9.17) is 16.2 Å². The molecule has 4 fully saturated rings. The van der Waals surface area contributed by atoms with E-state index in [-0.39, 0.29) is 17.7 Å². The largest absolute Gasteiger partial charge is 0.492 e. The SMILES string of the molecule is CCCCCCCCC(CCCCCC)COc1ccccc1C(N)=O.CCCCCCCCCCCCCCCCc1ccccc1C(N)=O.O=C(c1cccc(C(=O)N(C2CCCCC2)C2CCCCC2)c1)N(C1CCCCC1)C1CCCCC1. The highest BCUT2D eigenvalue weighted by Crippen LogP contribution is 2.35. The first-order chi connectivity index (χ1) is 42.7. The molecule has 4 aliphatic carbocycles. The zero-order valence-corrected chi connectivity index (χ0v) is 55.8. The van der Waals surface area contributed by atoms with Crippen molar-refractivity contribution in [1.29, 1.82) is 0 Å². The van der Waals surface area contributed by atoms with Crippen LogP contribution in [0.1, 0.15) is 363 Å². The maximum Gasteiger partial charge on any atom is 0.254 e. The van der Waals surface area contributed by atoms with E-state index in [1.165, 1.54) is 238 Å². The maximum atomic E-state index is 14.1. The minimum absolute atomic E-state index is 0.172. The van der Waals surface area contributed by atoms with Gasteiger partial charge in [0.2, 0.25) is 5.91 Å². The topological polar surface area (TPSA) is 136 Å². The number of unbranched alkanes of at least 4 members (excludes halogenated alkanes) is 21. The molecular formula is C78H126N4O5. The monoisotopic (exact) mass is 1200 g/mol. The van der Waals surface area contributed by atoms with Crippen molar-refractivity contribution in [3.63, 3.8) is 0 Å². The van der Waals surface area contributed by atoms with Gasteiger partial charge in [-0.15, -0.1) is 0 Å². The first-order valence-corrected chi connectivity index (χ1v) is 36.8. The van der Waals surface area contributed by atoms with Gasteiger partial charge in [0.1, 0.15) is 5.75 Å². The Morgan fingerprint density at radius 2 is 0.736 bits per heavy atom. The number of carbonyl (C=O) groups excluding carboxylic acids is 4. The van der Waals surface area contributed by atoms with E-state index in [0.717, 1.165) is 80.9 Å². The average Bonchev–Trinajstić information content (AvgIpc) is 3.35. The normalized spacial score (nSPS) is 16.4. The van der Waals surface area contributed by atoms with Crippen molar-refractivity contribution in [2.75, 3.05) is 6.61 Å². The molecule has 4 saturated carbocycles. The van der Waals surface area contributed by atoms with Crippen LogP contribution in [-0.2, 0) is 6.42 Å². The Kier molecular flexibility index (Phi) is 38.3. The molecule has 9 heteroatoms. The summed E-state index contributed by atoms with van der Waals surface area (Å²) in [6.07, 6.45) is 59.9. The molecule has 4 amide bonds. The van der Waals surface area contributed by atoms with Crippen LogP contribution in [0.2, 0.25) is 0 Å². The second kappa shape index (κ2) is 45.6. The molecule has 0 spiro atoms. The van der Waals surface area contributed by atoms with Gasteiger partial charge in [0.15, 0.2) is 0 Å². The molecule has 0 aromatic heterocycles. The van der Waals surface area contributed by atoms with Crippen molar-refractivity contribution < 1.29 is 23.9 Å². The Bertz CT molecular complexity index is 2190. The number of benzene rings is 3. The summed E-state index contributed by atoms with van der Waals surface area (Å²) in [6, 6.07) is 24.4. The number of aryl methyl sites for hydroxylation is 1. The van der Waals surface area contributed by atoms with Crippen molar-refractivity contribution in [3.05, 3.63) is 101 Å². The van der Waals surface area contributed by atoms with Crippen LogP contribution in [0.4, 0.5) is 0 Å². The van der Waals surface area contributed by atoms with E-state index < -0.39 is 5.91 Å². The minimum atomic E-state index is -0.420. The van der Waals surface area contributed by atoms with Gasteiger partial charge in [-0.05, 0) is 125 Å². The molecule has 1 unspecified atom stereocenters. The summed E-state index contributed by atoms with van der Waals surface area (Å²) < 4.78 is 6.01. The van der Waals surface area contributed by atoms with Crippen molar-refractivity contribution in [2.45, 2.75) is 347 Å². The van der Waals surface area contributed by atoms with Gasteiger partial charge in [0.05, 0.1) is 12.2 Å². The number of nitrogens with two attached hydrogens (primary N) is 2. The van der Waals surface area contributed by atoms with Gasteiger partial charge >= 0.3 is 0 Å². The van der Waals surface area contributed by atoms with E-state index in [9.17, 15) is 19.2 Å². The lowest BCUT2D eigenvalue weighted by molar-refractivity contribution is 0.0446. The molecule has 3 aromatic rings. The quantitative estimate of drug-likeness (QED) is 0.0551. The minimum Gasteiger partial charge on any atom is -0.492 e. The number of rotatable bonds is 38. The molecule has 0 saturated heterocycles. The van der Waals surface area contributed by atoms with Crippen molar-refractivity contribution in [1.82, 2.24) is 9.80 Å². The predicted molar refractivity (Wildman–Crippen MR) is 366 cm³/mol. The third-order valence-electron chi connectivity index (χ3n) is 19.8. The fraction of sp³-hybridized carbons (Fsp3) is 0.718. The van der Waals surface area contributed by atoms with E-state index in [0.29, 0.717) is 53.6 Å². The lowest BCUT2D eigenvalue weighted by atomic mass is 9.87. The summed E-state index contributed by atoms with van der Waals surface area (Å²) in [5.41, 5.74) is 14.6. The molecule has 0 heterocycles. The maximum absolute atomic E-state index is 14.1. The molecule has 3 aromatic carbocycles. The lowest BCUT2D eigenvalue weighted by Crippen LogP contribution is -2.49. The van der Waals surface area contributed by atoms with Crippen LogP contribution < -0.4 is 16.2 Å². The summed E-state index contributed by atoms with van der Waals surface area (Å²) in [4.78, 5) is 55.7. The van der Waals surface area contributed by atoms with Crippen LogP contribution in [0.25, 0.3) is 0 Å². The fourth-order valence-corrected chi connectivity index (χ4v) is 14.7. The second-order valence-electron chi connectivity index (χ2n) is 27.0. The highest BCUT2D eigenvalue weighted by Gasteiger charge is 2.36. The first-order valence-electron chi connectivity index (χ1n) is 36.8. The van der Waals surface area contributed by atoms with Gasteiger partial charge in [0.25, 0.3) is 17.7 Å². The number of primary amides is 2. The highest BCUT2D eigenvalue weighted by molar-refractivity contribution is 6.00. The molecule has 4 N–H and O–H groups in total. The van der Waals surface area contributed by atoms with E-state index in [1.54, 1.807) is 6.07 Å². The van der Waals surface area contributed by atoms with Gasteiger partial charge in [-0.3, -0.25) is 19.2 Å². The lowest BCUT2D eigenvalue weighted by Gasteiger charge is -2.42. The Morgan fingerprint density at radius 3 is 1.13 bits per heavy atom. The van der Waals surface area contributed by atoms with Crippen LogP contribution in [0.3, 0.4) is 0 Å². The Morgan fingerprint density at radius 1 is 0.402 bits per heavy atom. The molecule has 488 valence electrons. The van der Waals surface area contributed by atoms with Gasteiger partial charge in [0, 0.05) is 40.9 Å². The molecule has 9 nitrogen and oxygen atoms in total. The number of hydrogen-bond acceptors (Lipinski definition) is 5. The fourth-order valence-electron chi connectivity index (χ4n) is 14.7. The molecule has 0 bridgehead atoms. The van der Waals surface area contributed by atoms with Gasteiger partial charge in [-0.1, -0.05) is 282 Å². The predicted octanol–water partition coefficient (Wildman–Crippen LogP) is 21.2. The van der Waals surface area contributed by atoms with Crippen LogP contribution in [0.5, 0.6) is 5.75 Å². The Hall–Kier alpha value is -4.66. The average molecular weight is 1200 g/mol. The van der Waals surface area contributed by atoms with Crippen molar-refractivity contribution >= 4 is 23.6 Å². The van der Waals surface area contributed by atoms with Crippen LogP contribution >= 0.6 is 0 Å². The summed E-state index contributed by atoms with van der Waals surface area (Å²) in [7, 11) is 0. The second-order valence-corrected chi connectivity index (χ2v) is 27.0. The summed E-state index contributed by atoms with van der Waals surface area (Å²) in [5.74, 6) is 0.813. The Balaban J connectivity index is 0.000000245. The number of ether oxygens (including phenoxy) is 1. The van der Waals surface area contributed by atoms with E-state index >= 15 is 0 Å². The molecule has 87 heavy (non-hydrogen) atoms. The molecule has 1 atom stereocenters. The van der Waals surface area contributed by atoms with Crippen molar-refractivity contribution in [3.8, 4) is 5.75 Å². The van der Waals surface area contributed by atoms with Gasteiger partial charge in [-0.25, -0.2) is 0 Å². The molecule has 4 aliphatic rings. The zero-order chi connectivity index (χ0) is 61.9. The molecule has 7 rings (SSSR count). The summed E-state index contributed by atoms with van der Waals surface area (Å²) >= 11 is 0. The van der Waals surface area contributed by atoms with Crippen molar-refractivity contribution in [2.24, 2.45) is 17.4 Å². The van der Waals surface area contributed by atoms with Gasteiger partial charge in [-0.2, -0.15) is 0 Å². The first kappa shape index (κ1) is 73.1. The molecular weight excluding hydrogens is 1070 g/mol. The number of nitrogens with zero attached hydrogens (tertiary/aromatic N) is 2. The number of amides is 4.